The van der Waals surface area contributed by atoms with E-state index in [0.29, 0.717) is 0 Å². The molecule has 0 amide bonds. The molecule has 0 aliphatic carbocycles. The second kappa shape index (κ2) is 5.66. The van der Waals surface area contributed by atoms with Crippen molar-refractivity contribution in [3.63, 3.8) is 0 Å². The van der Waals surface area contributed by atoms with E-state index in [9.17, 15) is 9.59 Å². The first-order chi connectivity index (χ1) is 6.02. The van der Waals surface area contributed by atoms with Crippen LogP contribution in [-0.4, -0.2) is 24.5 Å². The van der Waals surface area contributed by atoms with E-state index in [2.05, 4.69) is 4.74 Å². The summed E-state index contributed by atoms with van der Waals surface area (Å²) in [4.78, 5) is 21.7. The highest BCUT2D eigenvalue weighted by molar-refractivity contribution is 5.89. The molecule has 5 nitrogen and oxygen atoms in total. The summed E-state index contributed by atoms with van der Waals surface area (Å²) in [5.41, 5.74) is 10.5. The Kier molecular flexibility index (Phi) is 5.25. The summed E-state index contributed by atoms with van der Waals surface area (Å²) in [5, 5.41) is 0. The predicted molar refractivity (Wildman–Crippen MR) is 47.6 cm³/mol. The van der Waals surface area contributed by atoms with Gasteiger partial charge in [0, 0.05) is 0 Å². The van der Waals surface area contributed by atoms with Crippen LogP contribution in [0.4, 0.5) is 0 Å². The zero-order valence-electron chi connectivity index (χ0n) is 7.95. The summed E-state index contributed by atoms with van der Waals surface area (Å²) in [6.07, 6.45) is 0.757. The average Bonchev–Trinajstić information content (AvgIpc) is 2.14. The molecule has 0 saturated heterocycles. The maximum atomic E-state index is 11.1. The Morgan fingerprint density at radius 3 is 2.38 bits per heavy atom. The third kappa shape index (κ3) is 4.00. The maximum Gasteiger partial charge on any atom is 0.330 e. The second-order valence-electron chi connectivity index (χ2n) is 2.91. The summed E-state index contributed by atoms with van der Waals surface area (Å²) in [5.74, 6) is -1.45. The van der Waals surface area contributed by atoms with Crippen LogP contribution in [0.1, 0.15) is 20.3 Å². The molecule has 0 fully saturated rings. The van der Waals surface area contributed by atoms with Crippen LogP contribution >= 0.6 is 0 Å². The lowest BCUT2D eigenvalue weighted by molar-refractivity contribution is -0.160. The summed E-state index contributed by atoms with van der Waals surface area (Å²) in [6.45, 7) is 3.42. The average molecular weight is 188 g/mol. The standard InChI is InChI=1S/C8H16N2O3/c1-3-5(2)7(10)8(12)13-6(11)4-9/h5,7H,3-4,9-10H2,1-2H3/t5-,7-/m1/s1. The number of hydrogen-bond acceptors (Lipinski definition) is 5. The summed E-state index contributed by atoms with van der Waals surface area (Å²) >= 11 is 0. The van der Waals surface area contributed by atoms with Gasteiger partial charge in [-0.3, -0.25) is 4.79 Å². The van der Waals surface area contributed by atoms with Gasteiger partial charge in [-0.15, -0.1) is 0 Å². The Bertz CT molecular complexity index is 194. The van der Waals surface area contributed by atoms with Gasteiger partial charge >= 0.3 is 11.9 Å². The minimum Gasteiger partial charge on any atom is -0.391 e. The van der Waals surface area contributed by atoms with Crippen LogP contribution in [0.5, 0.6) is 0 Å². The van der Waals surface area contributed by atoms with Crippen LogP contribution in [0.3, 0.4) is 0 Å². The van der Waals surface area contributed by atoms with Gasteiger partial charge in [0.25, 0.3) is 0 Å². The van der Waals surface area contributed by atoms with E-state index < -0.39 is 18.0 Å². The normalized spacial score (nSPS) is 14.8. The first kappa shape index (κ1) is 12.1. The van der Waals surface area contributed by atoms with E-state index in [1.165, 1.54) is 0 Å². The van der Waals surface area contributed by atoms with Gasteiger partial charge in [0.15, 0.2) is 0 Å². The van der Waals surface area contributed by atoms with Crippen molar-refractivity contribution in [1.82, 2.24) is 0 Å². The van der Waals surface area contributed by atoms with Gasteiger partial charge in [-0.25, -0.2) is 4.79 Å². The van der Waals surface area contributed by atoms with Crippen molar-refractivity contribution in [3.05, 3.63) is 0 Å². The van der Waals surface area contributed by atoms with Crippen LogP contribution < -0.4 is 11.5 Å². The topological polar surface area (TPSA) is 95.4 Å². The Labute approximate surface area is 77.4 Å². The molecule has 0 aromatic carbocycles. The van der Waals surface area contributed by atoms with Crippen LogP contribution in [0.2, 0.25) is 0 Å². The van der Waals surface area contributed by atoms with Crippen molar-refractivity contribution in [2.75, 3.05) is 6.54 Å². The quantitative estimate of drug-likeness (QED) is 0.453. The van der Waals surface area contributed by atoms with Gasteiger partial charge < -0.3 is 16.2 Å². The van der Waals surface area contributed by atoms with Gasteiger partial charge in [-0.2, -0.15) is 0 Å². The van der Waals surface area contributed by atoms with Crippen LogP contribution in [-0.2, 0) is 14.3 Å². The molecule has 0 radical (unpaired) electrons. The van der Waals surface area contributed by atoms with Crippen LogP contribution in [0.25, 0.3) is 0 Å². The minimum absolute atomic E-state index is 0.00178. The summed E-state index contributed by atoms with van der Waals surface area (Å²) < 4.78 is 4.36. The Morgan fingerprint density at radius 1 is 1.46 bits per heavy atom. The Morgan fingerprint density at radius 2 is 2.00 bits per heavy atom. The van der Waals surface area contributed by atoms with Crippen molar-refractivity contribution in [1.29, 1.82) is 0 Å². The van der Waals surface area contributed by atoms with E-state index >= 15 is 0 Å². The molecule has 0 aliphatic rings. The molecule has 4 N–H and O–H groups in total. The molecule has 0 aliphatic heterocycles. The largest absolute Gasteiger partial charge is 0.391 e. The molecule has 2 atom stereocenters. The van der Waals surface area contributed by atoms with E-state index in [4.69, 9.17) is 11.5 Å². The summed E-state index contributed by atoms with van der Waals surface area (Å²) in [7, 11) is 0. The first-order valence-corrected chi connectivity index (χ1v) is 4.23. The fourth-order valence-corrected chi connectivity index (χ4v) is 0.708. The van der Waals surface area contributed by atoms with E-state index in [-0.39, 0.29) is 12.5 Å². The minimum atomic E-state index is -0.750. The Hall–Kier alpha value is -0.940. The molecule has 5 heteroatoms. The highest BCUT2D eigenvalue weighted by atomic mass is 16.6. The molecule has 13 heavy (non-hydrogen) atoms. The monoisotopic (exact) mass is 188 g/mol. The smallest absolute Gasteiger partial charge is 0.330 e. The highest BCUT2D eigenvalue weighted by Crippen LogP contribution is 2.06. The zero-order valence-corrected chi connectivity index (χ0v) is 7.95. The number of nitrogens with two attached hydrogens (primary N) is 2. The van der Waals surface area contributed by atoms with Gasteiger partial charge in [0.2, 0.25) is 0 Å². The van der Waals surface area contributed by atoms with E-state index in [0.717, 1.165) is 6.42 Å². The molecule has 0 aromatic heterocycles. The molecular weight excluding hydrogens is 172 g/mol. The fourth-order valence-electron chi connectivity index (χ4n) is 0.708. The third-order valence-corrected chi connectivity index (χ3v) is 1.91. The summed E-state index contributed by atoms with van der Waals surface area (Å²) in [6, 6.07) is -0.750. The predicted octanol–water partition coefficient (Wildman–Crippen LogP) is -0.612. The molecule has 0 unspecified atom stereocenters. The van der Waals surface area contributed by atoms with Crippen molar-refractivity contribution >= 4 is 11.9 Å². The number of hydrogen-bond donors (Lipinski definition) is 2. The van der Waals surface area contributed by atoms with E-state index in [1.54, 1.807) is 0 Å². The number of carbonyl (C=O) groups is 2. The maximum absolute atomic E-state index is 11.1. The van der Waals surface area contributed by atoms with Gasteiger partial charge in [0.05, 0.1) is 6.54 Å². The molecule has 0 aromatic rings. The second-order valence-corrected chi connectivity index (χ2v) is 2.91. The highest BCUT2D eigenvalue weighted by Gasteiger charge is 2.22. The lowest BCUT2D eigenvalue weighted by Gasteiger charge is -2.15. The number of esters is 2. The molecule has 0 rings (SSSR count). The number of carbonyl (C=O) groups excluding carboxylic acids is 2. The Balaban J connectivity index is 4.03. The number of rotatable bonds is 4. The lowest BCUT2D eigenvalue weighted by atomic mass is 10.0. The van der Waals surface area contributed by atoms with Crippen molar-refractivity contribution in [3.8, 4) is 0 Å². The zero-order chi connectivity index (χ0) is 10.4. The van der Waals surface area contributed by atoms with Crippen LogP contribution in [0.15, 0.2) is 0 Å². The lowest BCUT2D eigenvalue weighted by Crippen LogP contribution is -2.39. The molecule has 0 heterocycles. The van der Waals surface area contributed by atoms with Gasteiger partial charge in [-0.1, -0.05) is 20.3 Å². The van der Waals surface area contributed by atoms with Crippen molar-refractivity contribution in [2.45, 2.75) is 26.3 Å². The molecule has 0 spiro atoms. The molecule has 0 bridgehead atoms. The molecule has 76 valence electrons. The van der Waals surface area contributed by atoms with E-state index in [1.807, 2.05) is 13.8 Å². The first-order valence-electron chi connectivity index (χ1n) is 4.23. The molecular formula is C8H16N2O3. The number of ether oxygens (including phenoxy) is 1. The van der Waals surface area contributed by atoms with Gasteiger partial charge in [-0.05, 0) is 5.92 Å². The SMILES string of the molecule is CC[C@@H](C)[C@@H](N)C(=O)OC(=O)CN. The van der Waals surface area contributed by atoms with Crippen molar-refractivity contribution in [2.24, 2.45) is 17.4 Å². The van der Waals surface area contributed by atoms with Crippen molar-refractivity contribution < 1.29 is 14.3 Å². The van der Waals surface area contributed by atoms with Gasteiger partial charge in [0.1, 0.15) is 6.04 Å². The fraction of sp³-hybridized carbons (Fsp3) is 0.750. The van der Waals surface area contributed by atoms with Crippen LogP contribution in [0, 0.1) is 5.92 Å². The molecule has 0 saturated carbocycles. The third-order valence-electron chi connectivity index (χ3n) is 1.91.